The van der Waals surface area contributed by atoms with Crippen LogP contribution in [0.25, 0.3) is 11.0 Å². The Morgan fingerprint density at radius 2 is 1.64 bits per heavy atom. The standard InChI is InChI=1S/C28H31N3O5/c1-18-10-11-21(14-19(18)2)36-13-12-31-23-9-7-6-8-22(23)30-26(31)17-29-28(32)20-15-24(33-3)27(35-5)25(16-20)34-4/h6-11,14-16H,12-13,17H2,1-5H3,(H,29,32). The Morgan fingerprint density at radius 3 is 2.31 bits per heavy atom. The van der Waals surface area contributed by atoms with Crippen molar-refractivity contribution in [2.45, 2.75) is 26.9 Å². The van der Waals surface area contributed by atoms with Gasteiger partial charge in [0.25, 0.3) is 5.91 Å². The summed E-state index contributed by atoms with van der Waals surface area (Å²) in [5, 5.41) is 2.96. The molecule has 1 aromatic heterocycles. The molecule has 1 heterocycles. The molecule has 0 atom stereocenters. The number of carbonyl (C=O) groups is 1. The molecule has 0 unspecified atom stereocenters. The van der Waals surface area contributed by atoms with Crippen LogP contribution in [0.15, 0.2) is 54.6 Å². The minimum absolute atomic E-state index is 0.244. The minimum Gasteiger partial charge on any atom is -0.493 e. The third-order valence-corrected chi connectivity index (χ3v) is 6.13. The van der Waals surface area contributed by atoms with Crippen LogP contribution >= 0.6 is 0 Å². The van der Waals surface area contributed by atoms with Crippen molar-refractivity contribution >= 4 is 16.9 Å². The second-order valence-corrected chi connectivity index (χ2v) is 8.36. The molecule has 36 heavy (non-hydrogen) atoms. The summed E-state index contributed by atoms with van der Waals surface area (Å²) in [7, 11) is 4.55. The minimum atomic E-state index is -0.278. The average molecular weight is 490 g/mol. The molecular weight excluding hydrogens is 458 g/mol. The molecule has 188 valence electrons. The normalized spacial score (nSPS) is 10.8. The number of hydrogen-bond donors (Lipinski definition) is 1. The molecule has 0 saturated carbocycles. The molecular formula is C28H31N3O5. The zero-order chi connectivity index (χ0) is 25.7. The van der Waals surface area contributed by atoms with Gasteiger partial charge in [0.05, 0.1) is 45.5 Å². The van der Waals surface area contributed by atoms with Crippen LogP contribution in [0, 0.1) is 13.8 Å². The van der Waals surface area contributed by atoms with E-state index in [4.69, 9.17) is 23.9 Å². The van der Waals surface area contributed by atoms with E-state index in [0.29, 0.717) is 36.0 Å². The summed E-state index contributed by atoms with van der Waals surface area (Å²) in [5.41, 5.74) is 4.66. The van der Waals surface area contributed by atoms with Crippen molar-refractivity contribution in [1.29, 1.82) is 0 Å². The lowest BCUT2D eigenvalue weighted by Gasteiger charge is -2.14. The summed E-state index contributed by atoms with van der Waals surface area (Å²) in [4.78, 5) is 17.8. The Balaban J connectivity index is 1.51. The smallest absolute Gasteiger partial charge is 0.251 e. The van der Waals surface area contributed by atoms with Gasteiger partial charge in [-0.1, -0.05) is 18.2 Å². The Hall–Kier alpha value is -4.20. The van der Waals surface area contributed by atoms with Gasteiger partial charge in [-0.2, -0.15) is 0 Å². The molecule has 4 aromatic rings. The number of hydrogen-bond acceptors (Lipinski definition) is 6. The SMILES string of the molecule is COc1cc(C(=O)NCc2nc3ccccc3n2CCOc2ccc(C)c(C)c2)cc(OC)c1OC. The number of ether oxygens (including phenoxy) is 4. The maximum absolute atomic E-state index is 13.0. The predicted molar refractivity (Wildman–Crippen MR) is 138 cm³/mol. The Kier molecular flexibility index (Phi) is 7.63. The van der Waals surface area contributed by atoms with E-state index < -0.39 is 0 Å². The van der Waals surface area contributed by atoms with Crippen LogP contribution in [-0.4, -0.2) is 43.4 Å². The molecule has 0 radical (unpaired) electrons. The summed E-state index contributed by atoms with van der Waals surface area (Å²) >= 11 is 0. The third-order valence-electron chi connectivity index (χ3n) is 6.13. The second kappa shape index (κ2) is 11.0. The van der Waals surface area contributed by atoms with Gasteiger partial charge in [-0.3, -0.25) is 4.79 Å². The highest BCUT2D eigenvalue weighted by Gasteiger charge is 2.18. The van der Waals surface area contributed by atoms with Crippen molar-refractivity contribution in [3.63, 3.8) is 0 Å². The zero-order valence-electron chi connectivity index (χ0n) is 21.3. The fourth-order valence-corrected chi connectivity index (χ4v) is 4.04. The number of aryl methyl sites for hydroxylation is 2. The number of carbonyl (C=O) groups excluding carboxylic acids is 1. The van der Waals surface area contributed by atoms with E-state index in [9.17, 15) is 4.79 Å². The van der Waals surface area contributed by atoms with Gasteiger partial charge in [0, 0.05) is 5.56 Å². The van der Waals surface area contributed by atoms with Crippen LogP contribution in [0.5, 0.6) is 23.0 Å². The number of benzene rings is 3. The van der Waals surface area contributed by atoms with Crippen LogP contribution in [0.2, 0.25) is 0 Å². The highest BCUT2D eigenvalue weighted by molar-refractivity contribution is 5.95. The quantitative estimate of drug-likeness (QED) is 0.348. The second-order valence-electron chi connectivity index (χ2n) is 8.36. The largest absolute Gasteiger partial charge is 0.493 e. The van der Waals surface area contributed by atoms with E-state index in [1.807, 2.05) is 36.4 Å². The average Bonchev–Trinajstić information content (AvgIpc) is 3.25. The van der Waals surface area contributed by atoms with Crippen molar-refractivity contribution < 1.29 is 23.7 Å². The lowest BCUT2D eigenvalue weighted by molar-refractivity contribution is 0.0948. The van der Waals surface area contributed by atoms with E-state index >= 15 is 0 Å². The van der Waals surface area contributed by atoms with Crippen molar-refractivity contribution in [1.82, 2.24) is 14.9 Å². The monoisotopic (exact) mass is 489 g/mol. The molecule has 0 fully saturated rings. The van der Waals surface area contributed by atoms with E-state index in [0.717, 1.165) is 22.6 Å². The van der Waals surface area contributed by atoms with Gasteiger partial charge in [-0.25, -0.2) is 4.98 Å². The van der Waals surface area contributed by atoms with Gasteiger partial charge < -0.3 is 28.8 Å². The molecule has 8 nitrogen and oxygen atoms in total. The van der Waals surface area contributed by atoms with Gasteiger partial charge in [-0.15, -0.1) is 0 Å². The highest BCUT2D eigenvalue weighted by Crippen LogP contribution is 2.38. The number of methoxy groups -OCH3 is 3. The van der Waals surface area contributed by atoms with Gasteiger partial charge in [0.15, 0.2) is 11.5 Å². The van der Waals surface area contributed by atoms with Crippen LogP contribution in [0.1, 0.15) is 27.3 Å². The number of rotatable bonds is 10. The number of nitrogens with zero attached hydrogens (tertiary/aromatic N) is 2. The van der Waals surface area contributed by atoms with Crippen LogP contribution in [-0.2, 0) is 13.1 Å². The van der Waals surface area contributed by atoms with Crippen LogP contribution in [0.4, 0.5) is 0 Å². The van der Waals surface area contributed by atoms with Gasteiger partial charge in [-0.05, 0) is 61.4 Å². The van der Waals surface area contributed by atoms with Crippen LogP contribution in [0.3, 0.4) is 0 Å². The molecule has 1 amide bonds. The fourth-order valence-electron chi connectivity index (χ4n) is 4.04. The number of nitrogens with one attached hydrogen (secondary N) is 1. The van der Waals surface area contributed by atoms with E-state index in [1.165, 1.54) is 32.5 Å². The molecule has 4 rings (SSSR count). The molecule has 0 aliphatic rings. The number of para-hydroxylation sites is 2. The summed E-state index contributed by atoms with van der Waals surface area (Å²) in [6.07, 6.45) is 0. The maximum Gasteiger partial charge on any atom is 0.251 e. The van der Waals surface area contributed by atoms with E-state index in [1.54, 1.807) is 12.1 Å². The summed E-state index contributed by atoms with van der Waals surface area (Å²) in [6, 6.07) is 17.2. The third kappa shape index (κ3) is 5.22. The molecule has 0 spiro atoms. The van der Waals surface area contributed by atoms with Crippen molar-refractivity contribution in [2.24, 2.45) is 0 Å². The first-order valence-electron chi connectivity index (χ1n) is 11.7. The molecule has 0 aliphatic heterocycles. The summed E-state index contributed by atoms with van der Waals surface area (Å²) < 4.78 is 24.2. The maximum atomic E-state index is 13.0. The van der Waals surface area contributed by atoms with E-state index in [-0.39, 0.29) is 12.5 Å². The Bertz CT molecular complexity index is 1350. The lowest BCUT2D eigenvalue weighted by atomic mass is 10.1. The number of fused-ring (bicyclic) bond motifs is 1. The highest BCUT2D eigenvalue weighted by atomic mass is 16.5. The van der Waals surface area contributed by atoms with E-state index in [2.05, 4.69) is 29.8 Å². The van der Waals surface area contributed by atoms with Crippen molar-refractivity contribution in [2.75, 3.05) is 27.9 Å². The summed E-state index contributed by atoms with van der Waals surface area (Å²) in [5.74, 6) is 2.55. The number of imidazole rings is 1. The van der Waals surface area contributed by atoms with Crippen molar-refractivity contribution in [3.8, 4) is 23.0 Å². The molecule has 1 N–H and O–H groups in total. The Morgan fingerprint density at radius 1 is 0.917 bits per heavy atom. The lowest BCUT2D eigenvalue weighted by Crippen LogP contribution is -2.25. The fraction of sp³-hybridized carbons (Fsp3) is 0.286. The first kappa shape index (κ1) is 24.9. The predicted octanol–water partition coefficient (Wildman–Crippen LogP) is 4.69. The first-order chi connectivity index (χ1) is 17.4. The number of aromatic nitrogens is 2. The molecule has 0 aliphatic carbocycles. The number of amides is 1. The first-order valence-corrected chi connectivity index (χ1v) is 11.7. The molecule has 0 saturated heterocycles. The topological polar surface area (TPSA) is 83.8 Å². The van der Waals surface area contributed by atoms with Gasteiger partial charge in [0.2, 0.25) is 5.75 Å². The van der Waals surface area contributed by atoms with Crippen molar-refractivity contribution in [3.05, 3.63) is 77.1 Å². The molecule has 0 bridgehead atoms. The zero-order valence-corrected chi connectivity index (χ0v) is 21.3. The van der Waals surface area contributed by atoms with Crippen LogP contribution < -0.4 is 24.3 Å². The van der Waals surface area contributed by atoms with Gasteiger partial charge >= 0.3 is 0 Å². The molecule has 3 aromatic carbocycles. The Labute approximate surface area is 210 Å². The summed E-state index contributed by atoms with van der Waals surface area (Å²) in [6.45, 7) is 5.45. The molecule has 8 heteroatoms. The van der Waals surface area contributed by atoms with Gasteiger partial charge in [0.1, 0.15) is 18.2 Å².